The Morgan fingerprint density at radius 1 is 0.929 bits per heavy atom. The van der Waals surface area contributed by atoms with E-state index in [0.717, 1.165) is 5.57 Å². The molecule has 0 saturated heterocycles. The Kier molecular flexibility index (Phi) is 7.41. The summed E-state index contributed by atoms with van der Waals surface area (Å²) in [4.78, 5) is 20.3. The van der Waals surface area contributed by atoms with Crippen molar-refractivity contribution in [1.82, 2.24) is 0 Å². The van der Waals surface area contributed by atoms with Crippen molar-refractivity contribution in [3.8, 4) is 0 Å². The first-order chi connectivity index (χ1) is 6.52. The highest BCUT2D eigenvalue weighted by Gasteiger charge is 2.01. The topological polar surface area (TPSA) is 74.6 Å². The van der Waals surface area contributed by atoms with Gasteiger partial charge in [0.25, 0.3) is 0 Å². The van der Waals surface area contributed by atoms with Gasteiger partial charge in [-0.2, -0.15) is 0 Å². The minimum absolute atomic E-state index is 0.0582. The van der Waals surface area contributed by atoms with E-state index < -0.39 is 11.9 Å². The van der Waals surface area contributed by atoms with Gasteiger partial charge >= 0.3 is 11.9 Å². The molecule has 0 radical (unpaired) electrons. The number of hydrogen-bond acceptors (Lipinski definition) is 4. The van der Waals surface area contributed by atoms with Gasteiger partial charge in [0.05, 0.1) is 11.5 Å². The van der Waals surface area contributed by atoms with E-state index in [1.54, 1.807) is 0 Å². The van der Waals surface area contributed by atoms with E-state index in [0.29, 0.717) is 11.5 Å². The van der Waals surface area contributed by atoms with Crippen molar-refractivity contribution in [2.24, 2.45) is 0 Å². The molecule has 2 N–H and O–H groups in total. The highest BCUT2D eigenvalue weighted by atomic mass is 32.2. The number of thioether (sulfide) groups is 2. The van der Waals surface area contributed by atoms with Crippen LogP contribution in [0.25, 0.3) is 0 Å². The molecule has 0 aliphatic rings. The molecule has 0 aliphatic heterocycles. The minimum Gasteiger partial charge on any atom is -0.481 e. The first-order valence-electron chi connectivity index (χ1n) is 3.78. The van der Waals surface area contributed by atoms with Crippen LogP contribution < -0.4 is 0 Å². The normalized spacial score (nSPS) is 9.71. The fraction of sp³-hybridized carbons (Fsp3) is 0.500. The van der Waals surface area contributed by atoms with Crippen LogP contribution in [-0.4, -0.2) is 45.2 Å². The Labute approximate surface area is 90.8 Å². The fourth-order valence-electron chi connectivity index (χ4n) is 0.607. The first kappa shape index (κ1) is 13.4. The van der Waals surface area contributed by atoms with Crippen LogP contribution in [0, 0.1) is 0 Å². The van der Waals surface area contributed by atoms with Crippen molar-refractivity contribution in [2.75, 3.05) is 23.0 Å². The van der Waals surface area contributed by atoms with Gasteiger partial charge in [0.2, 0.25) is 0 Å². The molecule has 4 nitrogen and oxygen atoms in total. The molecule has 0 bridgehead atoms. The highest BCUT2D eigenvalue weighted by Crippen LogP contribution is 2.11. The molecule has 0 aromatic carbocycles. The van der Waals surface area contributed by atoms with E-state index >= 15 is 0 Å². The third-order valence-corrected chi connectivity index (χ3v) is 3.19. The molecular formula is C8H12O4S2. The molecule has 0 aliphatic carbocycles. The predicted molar refractivity (Wildman–Crippen MR) is 59.1 cm³/mol. The number of carbonyl (C=O) groups is 2. The van der Waals surface area contributed by atoms with Crippen LogP contribution in [0.15, 0.2) is 12.2 Å². The van der Waals surface area contributed by atoms with E-state index in [1.807, 2.05) is 0 Å². The van der Waals surface area contributed by atoms with E-state index in [9.17, 15) is 9.59 Å². The molecule has 0 saturated carbocycles. The van der Waals surface area contributed by atoms with Gasteiger partial charge in [0, 0.05) is 11.5 Å². The zero-order valence-corrected chi connectivity index (χ0v) is 9.20. The molecule has 0 fully saturated rings. The summed E-state index contributed by atoms with van der Waals surface area (Å²) in [5, 5.41) is 16.7. The number of rotatable bonds is 8. The summed E-state index contributed by atoms with van der Waals surface area (Å²) in [6.45, 7) is 3.72. The van der Waals surface area contributed by atoms with Gasteiger partial charge in [-0.1, -0.05) is 12.2 Å². The maximum absolute atomic E-state index is 10.2. The molecule has 80 valence electrons. The molecule has 0 spiro atoms. The van der Waals surface area contributed by atoms with Gasteiger partial charge < -0.3 is 10.2 Å². The maximum atomic E-state index is 10.2. The molecule has 0 atom stereocenters. The average molecular weight is 236 g/mol. The van der Waals surface area contributed by atoms with Crippen LogP contribution >= 0.6 is 23.5 Å². The van der Waals surface area contributed by atoms with E-state index in [1.165, 1.54) is 23.5 Å². The number of carboxylic acid groups (broad SMARTS) is 2. The van der Waals surface area contributed by atoms with Crippen LogP contribution in [0.3, 0.4) is 0 Å². The number of carboxylic acids is 2. The first-order valence-corrected chi connectivity index (χ1v) is 6.09. The molecule has 0 aromatic heterocycles. The van der Waals surface area contributed by atoms with Crippen LogP contribution in [0.5, 0.6) is 0 Å². The third-order valence-electron chi connectivity index (χ3n) is 1.06. The average Bonchev–Trinajstić information content (AvgIpc) is 2.02. The summed E-state index contributed by atoms with van der Waals surface area (Å²) in [6, 6.07) is 0. The van der Waals surface area contributed by atoms with Crippen molar-refractivity contribution < 1.29 is 19.8 Å². The molecule has 14 heavy (non-hydrogen) atoms. The van der Waals surface area contributed by atoms with E-state index in [2.05, 4.69) is 6.58 Å². The molecule has 0 aromatic rings. The molecule has 0 rings (SSSR count). The summed E-state index contributed by atoms with van der Waals surface area (Å²) >= 11 is 2.54. The molecule has 0 amide bonds. The second-order valence-corrected chi connectivity index (χ2v) is 4.49. The lowest BCUT2D eigenvalue weighted by atomic mass is 10.4. The van der Waals surface area contributed by atoms with Crippen LogP contribution in [0.2, 0.25) is 0 Å². The molecule has 0 heterocycles. The Morgan fingerprint density at radius 2 is 1.29 bits per heavy atom. The zero-order chi connectivity index (χ0) is 11.0. The van der Waals surface area contributed by atoms with Crippen molar-refractivity contribution in [1.29, 1.82) is 0 Å². The lowest BCUT2D eigenvalue weighted by Crippen LogP contribution is -2.02. The predicted octanol–water partition coefficient (Wildman–Crippen LogP) is 1.18. The second kappa shape index (κ2) is 7.75. The van der Waals surface area contributed by atoms with Crippen LogP contribution in [0.1, 0.15) is 0 Å². The quantitative estimate of drug-likeness (QED) is 0.616. The minimum atomic E-state index is -0.846. The van der Waals surface area contributed by atoms with Gasteiger partial charge in [0.1, 0.15) is 0 Å². The Balaban J connectivity index is 3.37. The lowest BCUT2D eigenvalue weighted by molar-refractivity contribution is -0.134. The van der Waals surface area contributed by atoms with E-state index in [-0.39, 0.29) is 11.5 Å². The summed E-state index contributed by atoms with van der Waals surface area (Å²) in [5.41, 5.74) is 0.863. The van der Waals surface area contributed by atoms with Gasteiger partial charge in [-0.25, -0.2) is 0 Å². The summed E-state index contributed by atoms with van der Waals surface area (Å²) in [7, 11) is 0. The Morgan fingerprint density at radius 3 is 1.57 bits per heavy atom. The number of hydrogen-bond donors (Lipinski definition) is 2. The summed E-state index contributed by atoms with van der Waals surface area (Å²) in [6.07, 6.45) is 0. The van der Waals surface area contributed by atoms with Crippen molar-refractivity contribution in [3.63, 3.8) is 0 Å². The fourth-order valence-corrected chi connectivity index (χ4v) is 2.07. The molecule has 6 heteroatoms. The second-order valence-electron chi connectivity index (χ2n) is 2.52. The van der Waals surface area contributed by atoms with Gasteiger partial charge in [-0.05, 0) is 0 Å². The SMILES string of the molecule is C=C(CSCC(=O)O)CSCC(=O)O. The largest absolute Gasteiger partial charge is 0.481 e. The van der Waals surface area contributed by atoms with Crippen molar-refractivity contribution in [3.05, 3.63) is 12.2 Å². The van der Waals surface area contributed by atoms with Gasteiger partial charge in [-0.15, -0.1) is 23.5 Å². The molecule has 0 unspecified atom stereocenters. The Bertz CT molecular complexity index is 205. The van der Waals surface area contributed by atoms with Crippen molar-refractivity contribution >= 4 is 35.5 Å². The third kappa shape index (κ3) is 9.47. The lowest BCUT2D eigenvalue weighted by Gasteiger charge is -2.02. The van der Waals surface area contributed by atoms with Crippen LogP contribution in [0.4, 0.5) is 0 Å². The molecular weight excluding hydrogens is 224 g/mol. The Hall–Kier alpha value is -0.620. The zero-order valence-electron chi connectivity index (χ0n) is 7.56. The highest BCUT2D eigenvalue weighted by molar-refractivity contribution is 8.01. The van der Waals surface area contributed by atoms with Gasteiger partial charge in [-0.3, -0.25) is 9.59 Å². The van der Waals surface area contributed by atoms with Crippen molar-refractivity contribution in [2.45, 2.75) is 0 Å². The standard InChI is InChI=1S/C8H12O4S2/c1-6(2-13-4-7(9)10)3-14-5-8(11)12/h1-5H2,(H,9,10)(H,11,12). The van der Waals surface area contributed by atoms with E-state index in [4.69, 9.17) is 10.2 Å². The monoisotopic (exact) mass is 236 g/mol. The van der Waals surface area contributed by atoms with Crippen LogP contribution in [-0.2, 0) is 9.59 Å². The summed E-state index contributed by atoms with van der Waals surface area (Å²) < 4.78 is 0. The maximum Gasteiger partial charge on any atom is 0.313 e. The number of aliphatic carboxylic acids is 2. The summed E-state index contributed by atoms with van der Waals surface area (Å²) in [5.74, 6) is -0.440. The van der Waals surface area contributed by atoms with Gasteiger partial charge in [0.15, 0.2) is 0 Å². The smallest absolute Gasteiger partial charge is 0.313 e.